The third-order valence-corrected chi connectivity index (χ3v) is 1.63. The second-order valence-electron chi connectivity index (χ2n) is 2.14. The smallest absolute Gasteiger partial charge is 0.265 e. The van der Waals surface area contributed by atoms with E-state index in [0.717, 1.165) is 0 Å². The molecule has 0 heterocycles. The Morgan fingerprint density at radius 3 is 1.78 bits per heavy atom. The average molecular weight is 219 g/mol. The summed E-state index contributed by atoms with van der Waals surface area (Å²) in [6.45, 7) is 3.46. The SMILES string of the molecule is Br.CC(C)CS(=O)(=O)O. The Labute approximate surface area is 66.0 Å². The molecule has 0 spiro atoms. The van der Waals surface area contributed by atoms with Crippen LogP contribution in [-0.2, 0) is 10.1 Å². The summed E-state index contributed by atoms with van der Waals surface area (Å²) < 4.78 is 28.2. The van der Waals surface area contributed by atoms with E-state index in [2.05, 4.69) is 0 Å². The second kappa shape index (κ2) is 4.24. The molecule has 0 amide bonds. The van der Waals surface area contributed by atoms with Crippen LogP contribution in [0.15, 0.2) is 0 Å². The normalized spacial score (nSPS) is 11.1. The van der Waals surface area contributed by atoms with Gasteiger partial charge in [0, 0.05) is 0 Å². The van der Waals surface area contributed by atoms with E-state index in [9.17, 15) is 8.42 Å². The molecule has 0 fully saturated rings. The van der Waals surface area contributed by atoms with Gasteiger partial charge in [0.15, 0.2) is 0 Å². The minimum atomic E-state index is -3.72. The first-order chi connectivity index (χ1) is 3.42. The molecule has 0 saturated heterocycles. The Morgan fingerprint density at radius 1 is 1.44 bits per heavy atom. The lowest BCUT2D eigenvalue weighted by Crippen LogP contribution is -2.09. The van der Waals surface area contributed by atoms with Crippen LogP contribution in [0.1, 0.15) is 13.8 Å². The molecule has 0 unspecified atom stereocenters. The fourth-order valence-electron chi connectivity index (χ4n) is 0.421. The van der Waals surface area contributed by atoms with Gasteiger partial charge in [-0.15, -0.1) is 17.0 Å². The van der Waals surface area contributed by atoms with E-state index in [4.69, 9.17) is 4.55 Å². The molecule has 0 aromatic heterocycles. The summed E-state index contributed by atoms with van der Waals surface area (Å²) in [6, 6.07) is 0. The van der Waals surface area contributed by atoms with E-state index in [1.54, 1.807) is 13.8 Å². The van der Waals surface area contributed by atoms with Gasteiger partial charge in [-0.3, -0.25) is 4.55 Å². The van der Waals surface area contributed by atoms with E-state index in [1.165, 1.54) is 0 Å². The predicted molar refractivity (Wildman–Crippen MR) is 41.6 cm³/mol. The van der Waals surface area contributed by atoms with E-state index in [1.807, 2.05) is 0 Å². The highest BCUT2D eigenvalue weighted by molar-refractivity contribution is 8.93. The van der Waals surface area contributed by atoms with Crippen LogP contribution >= 0.6 is 17.0 Å². The van der Waals surface area contributed by atoms with Gasteiger partial charge in [0.05, 0.1) is 5.75 Å². The van der Waals surface area contributed by atoms with E-state index < -0.39 is 10.1 Å². The topological polar surface area (TPSA) is 54.4 Å². The molecule has 3 nitrogen and oxygen atoms in total. The highest BCUT2D eigenvalue weighted by Gasteiger charge is 2.05. The lowest BCUT2D eigenvalue weighted by molar-refractivity contribution is 0.473. The van der Waals surface area contributed by atoms with Gasteiger partial charge in [0.25, 0.3) is 10.1 Å². The fraction of sp³-hybridized carbons (Fsp3) is 1.00. The molecule has 1 N–H and O–H groups in total. The first kappa shape index (κ1) is 12.1. The average Bonchev–Trinajstić information content (AvgIpc) is 1.21. The van der Waals surface area contributed by atoms with Crippen molar-refractivity contribution < 1.29 is 13.0 Å². The van der Waals surface area contributed by atoms with Crippen molar-refractivity contribution in [1.29, 1.82) is 0 Å². The largest absolute Gasteiger partial charge is 0.286 e. The van der Waals surface area contributed by atoms with Crippen molar-refractivity contribution in [3.05, 3.63) is 0 Å². The molecule has 0 saturated carbocycles. The highest BCUT2D eigenvalue weighted by Crippen LogP contribution is 1.95. The number of halogens is 1. The van der Waals surface area contributed by atoms with Crippen LogP contribution in [0.4, 0.5) is 0 Å². The number of hydrogen-bond acceptors (Lipinski definition) is 2. The summed E-state index contributed by atoms with van der Waals surface area (Å²) in [6.07, 6.45) is 0. The molecule has 0 atom stereocenters. The van der Waals surface area contributed by atoms with E-state index >= 15 is 0 Å². The minimum Gasteiger partial charge on any atom is -0.286 e. The molecule has 0 aliphatic rings. The third-order valence-electron chi connectivity index (χ3n) is 0.544. The van der Waals surface area contributed by atoms with Crippen molar-refractivity contribution >= 4 is 27.1 Å². The molecule has 5 heteroatoms. The Hall–Kier alpha value is 0.390. The van der Waals surface area contributed by atoms with Gasteiger partial charge in [-0.2, -0.15) is 8.42 Å². The summed E-state index contributed by atoms with van der Waals surface area (Å²) in [7, 11) is -3.72. The summed E-state index contributed by atoms with van der Waals surface area (Å²) >= 11 is 0. The van der Waals surface area contributed by atoms with Crippen LogP contribution in [0.2, 0.25) is 0 Å². The van der Waals surface area contributed by atoms with Crippen molar-refractivity contribution in [2.24, 2.45) is 5.92 Å². The van der Waals surface area contributed by atoms with Gasteiger partial charge in [0.1, 0.15) is 0 Å². The summed E-state index contributed by atoms with van der Waals surface area (Å²) in [5.74, 6) is -0.141. The van der Waals surface area contributed by atoms with Crippen LogP contribution in [0.25, 0.3) is 0 Å². The third kappa shape index (κ3) is 11.8. The first-order valence-corrected chi connectivity index (χ1v) is 3.98. The lowest BCUT2D eigenvalue weighted by atomic mass is 10.3. The van der Waals surface area contributed by atoms with E-state index in [0.29, 0.717) is 0 Å². The molecule has 0 aliphatic heterocycles. The van der Waals surface area contributed by atoms with Crippen LogP contribution in [0.3, 0.4) is 0 Å². The molecule has 0 aromatic carbocycles. The van der Waals surface area contributed by atoms with E-state index in [-0.39, 0.29) is 28.7 Å². The van der Waals surface area contributed by atoms with Crippen molar-refractivity contribution in [3.8, 4) is 0 Å². The second-order valence-corrected chi connectivity index (χ2v) is 3.64. The molecule has 0 bridgehead atoms. The first-order valence-electron chi connectivity index (χ1n) is 2.37. The Bertz CT molecular complexity index is 149. The molecule has 0 aliphatic carbocycles. The standard InChI is InChI=1S/C4H10O3S.BrH/c1-4(2)3-8(5,6)7;/h4H,3H2,1-2H3,(H,5,6,7);1H. The Balaban J connectivity index is 0. The molecular weight excluding hydrogens is 208 g/mol. The van der Waals surface area contributed by atoms with Gasteiger partial charge >= 0.3 is 0 Å². The van der Waals surface area contributed by atoms with Gasteiger partial charge in [-0.05, 0) is 5.92 Å². The van der Waals surface area contributed by atoms with Gasteiger partial charge in [0.2, 0.25) is 0 Å². The van der Waals surface area contributed by atoms with Crippen LogP contribution < -0.4 is 0 Å². The molecule has 0 rings (SSSR count). The summed E-state index contributed by atoms with van der Waals surface area (Å²) in [5.41, 5.74) is 0. The summed E-state index contributed by atoms with van der Waals surface area (Å²) in [5, 5.41) is 0. The molecule has 0 aromatic rings. The maximum Gasteiger partial charge on any atom is 0.265 e. The zero-order valence-electron chi connectivity index (χ0n) is 5.36. The number of hydrogen-bond donors (Lipinski definition) is 1. The zero-order valence-corrected chi connectivity index (χ0v) is 7.89. The predicted octanol–water partition coefficient (Wildman–Crippen LogP) is 1.11. The molecule has 58 valence electrons. The molecule has 0 radical (unpaired) electrons. The van der Waals surface area contributed by atoms with Crippen LogP contribution in [0.5, 0.6) is 0 Å². The Morgan fingerprint density at radius 2 is 1.78 bits per heavy atom. The highest BCUT2D eigenvalue weighted by atomic mass is 79.9. The van der Waals surface area contributed by atoms with Crippen LogP contribution in [-0.4, -0.2) is 18.7 Å². The lowest BCUT2D eigenvalue weighted by Gasteiger charge is -1.97. The van der Waals surface area contributed by atoms with Crippen molar-refractivity contribution in [1.82, 2.24) is 0 Å². The van der Waals surface area contributed by atoms with Crippen molar-refractivity contribution in [3.63, 3.8) is 0 Å². The molecule has 9 heavy (non-hydrogen) atoms. The van der Waals surface area contributed by atoms with Gasteiger partial charge < -0.3 is 0 Å². The van der Waals surface area contributed by atoms with Gasteiger partial charge in [-0.25, -0.2) is 0 Å². The molecular formula is C4H11BrO3S. The maximum atomic E-state index is 10.00. The Kier molecular flexibility index (Phi) is 5.71. The fourth-order valence-corrected chi connectivity index (χ4v) is 1.26. The van der Waals surface area contributed by atoms with Crippen molar-refractivity contribution in [2.75, 3.05) is 5.75 Å². The van der Waals surface area contributed by atoms with Gasteiger partial charge in [-0.1, -0.05) is 13.8 Å². The number of rotatable bonds is 2. The minimum absolute atomic E-state index is 0. The van der Waals surface area contributed by atoms with Crippen molar-refractivity contribution in [2.45, 2.75) is 13.8 Å². The maximum absolute atomic E-state index is 10.00. The zero-order chi connectivity index (χ0) is 6.78. The summed E-state index contributed by atoms with van der Waals surface area (Å²) in [4.78, 5) is 0. The monoisotopic (exact) mass is 218 g/mol. The quantitative estimate of drug-likeness (QED) is 0.707. The van der Waals surface area contributed by atoms with Crippen LogP contribution in [0, 0.1) is 5.92 Å².